The van der Waals surface area contributed by atoms with Crippen LogP contribution in [0.1, 0.15) is 75.6 Å². The van der Waals surface area contributed by atoms with Gasteiger partial charge in [-0.3, -0.25) is 4.79 Å². The van der Waals surface area contributed by atoms with Crippen molar-refractivity contribution in [2.24, 2.45) is 0 Å². The molecule has 5 heteroatoms. The van der Waals surface area contributed by atoms with Crippen LogP contribution in [0.4, 0.5) is 0 Å². The molecule has 0 heterocycles. The van der Waals surface area contributed by atoms with E-state index in [4.69, 9.17) is 16.3 Å². The van der Waals surface area contributed by atoms with Crippen LogP contribution in [0.3, 0.4) is 0 Å². The van der Waals surface area contributed by atoms with Crippen molar-refractivity contribution in [1.29, 1.82) is 0 Å². The number of hydrogen-bond donors (Lipinski definition) is 1. The molecule has 140 valence electrons. The van der Waals surface area contributed by atoms with E-state index in [0.29, 0.717) is 17.2 Å². The molecule has 0 aromatic heterocycles. The van der Waals surface area contributed by atoms with Gasteiger partial charge < -0.3 is 10.1 Å². The van der Waals surface area contributed by atoms with Crippen LogP contribution in [0.2, 0.25) is 5.02 Å². The Labute approximate surface area is 156 Å². The molecule has 1 N–H and O–H groups in total. The van der Waals surface area contributed by atoms with Gasteiger partial charge in [0.1, 0.15) is 6.04 Å². The minimum absolute atomic E-state index is 0.354. The van der Waals surface area contributed by atoms with E-state index in [1.165, 1.54) is 38.5 Å². The molecule has 25 heavy (non-hydrogen) atoms. The second kappa shape index (κ2) is 12.8. The standard InChI is InChI=1S/C20H30ClNO3/c1-3-4-5-6-7-8-9-12-15-25-20(24)16(2)22-19(23)17-13-10-11-14-18(17)21/h10-11,13-14,16H,3-9,12,15H2,1-2H3,(H,22,23)/t16-/m0/s1. The number of amides is 1. The molecule has 0 fully saturated rings. The highest BCUT2D eigenvalue weighted by molar-refractivity contribution is 6.33. The van der Waals surface area contributed by atoms with Gasteiger partial charge >= 0.3 is 5.97 Å². The zero-order chi connectivity index (χ0) is 18.5. The van der Waals surface area contributed by atoms with Gasteiger partial charge in [-0.2, -0.15) is 0 Å². The summed E-state index contributed by atoms with van der Waals surface area (Å²) in [5.41, 5.74) is 0.354. The quantitative estimate of drug-likeness (QED) is 0.411. The van der Waals surface area contributed by atoms with Crippen LogP contribution < -0.4 is 5.32 Å². The smallest absolute Gasteiger partial charge is 0.328 e. The lowest BCUT2D eigenvalue weighted by molar-refractivity contribution is -0.145. The maximum absolute atomic E-state index is 12.1. The number of halogens is 1. The highest BCUT2D eigenvalue weighted by Crippen LogP contribution is 2.14. The number of rotatable bonds is 12. The van der Waals surface area contributed by atoms with Gasteiger partial charge in [-0.1, -0.05) is 75.6 Å². The summed E-state index contributed by atoms with van der Waals surface area (Å²) in [6, 6.07) is 6.04. The van der Waals surface area contributed by atoms with Crippen LogP contribution in [0.5, 0.6) is 0 Å². The summed E-state index contributed by atoms with van der Waals surface area (Å²) in [7, 11) is 0. The fourth-order valence-corrected chi connectivity index (χ4v) is 2.73. The average Bonchev–Trinajstić information content (AvgIpc) is 2.60. The molecule has 0 aliphatic heterocycles. The molecule has 1 amide bonds. The number of carbonyl (C=O) groups is 2. The van der Waals surface area contributed by atoms with Gasteiger partial charge in [0, 0.05) is 0 Å². The van der Waals surface area contributed by atoms with E-state index < -0.39 is 12.0 Å². The Balaban J connectivity index is 2.16. The molecular weight excluding hydrogens is 338 g/mol. The number of esters is 1. The number of unbranched alkanes of at least 4 members (excludes halogenated alkanes) is 7. The Morgan fingerprint density at radius 2 is 1.64 bits per heavy atom. The van der Waals surface area contributed by atoms with E-state index in [2.05, 4.69) is 12.2 Å². The van der Waals surface area contributed by atoms with Gasteiger partial charge in [-0.05, 0) is 25.5 Å². The van der Waals surface area contributed by atoms with Gasteiger partial charge in [0.05, 0.1) is 17.2 Å². The molecule has 1 rings (SSSR count). The van der Waals surface area contributed by atoms with Gasteiger partial charge in [-0.15, -0.1) is 0 Å². The molecule has 0 radical (unpaired) electrons. The van der Waals surface area contributed by atoms with Crippen molar-refractivity contribution in [3.05, 3.63) is 34.9 Å². The lowest BCUT2D eigenvalue weighted by atomic mass is 10.1. The second-order valence-electron chi connectivity index (χ2n) is 6.32. The molecular formula is C20H30ClNO3. The summed E-state index contributed by atoms with van der Waals surface area (Å²) in [5.74, 6) is -0.787. The molecule has 0 unspecified atom stereocenters. The summed E-state index contributed by atoms with van der Waals surface area (Å²) in [6.45, 7) is 4.23. The summed E-state index contributed by atoms with van der Waals surface area (Å²) in [5, 5.41) is 2.98. The highest BCUT2D eigenvalue weighted by Gasteiger charge is 2.19. The third kappa shape index (κ3) is 8.92. The van der Waals surface area contributed by atoms with Crippen molar-refractivity contribution in [2.45, 2.75) is 71.3 Å². The first-order valence-corrected chi connectivity index (χ1v) is 9.66. The van der Waals surface area contributed by atoms with E-state index in [0.717, 1.165) is 12.8 Å². The average molecular weight is 368 g/mol. The maximum Gasteiger partial charge on any atom is 0.328 e. The van der Waals surface area contributed by atoms with Gasteiger partial charge in [0.25, 0.3) is 5.91 Å². The number of benzene rings is 1. The van der Waals surface area contributed by atoms with E-state index >= 15 is 0 Å². The molecule has 1 aromatic rings. The lowest BCUT2D eigenvalue weighted by Crippen LogP contribution is -2.39. The molecule has 1 aromatic carbocycles. The van der Waals surface area contributed by atoms with Crippen molar-refractivity contribution < 1.29 is 14.3 Å². The van der Waals surface area contributed by atoms with Crippen molar-refractivity contribution in [3.8, 4) is 0 Å². The zero-order valence-corrected chi connectivity index (χ0v) is 16.1. The Hall–Kier alpha value is -1.55. The molecule has 4 nitrogen and oxygen atoms in total. The van der Waals surface area contributed by atoms with E-state index in [9.17, 15) is 9.59 Å². The van der Waals surface area contributed by atoms with Crippen LogP contribution >= 0.6 is 11.6 Å². The fourth-order valence-electron chi connectivity index (χ4n) is 2.51. The van der Waals surface area contributed by atoms with Gasteiger partial charge in [0.15, 0.2) is 0 Å². The van der Waals surface area contributed by atoms with Crippen molar-refractivity contribution in [2.75, 3.05) is 6.61 Å². The largest absolute Gasteiger partial charge is 0.464 e. The SMILES string of the molecule is CCCCCCCCCCOC(=O)[C@H](C)NC(=O)c1ccccc1Cl. The minimum atomic E-state index is -0.696. The number of ether oxygens (including phenoxy) is 1. The second-order valence-corrected chi connectivity index (χ2v) is 6.72. The molecule has 0 saturated heterocycles. The first-order valence-electron chi connectivity index (χ1n) is 9.28. The minimum Gasteiger partial charge on any atom is -0.464 e. The van der Waals surface area contributed by atoms with E-state index in [-0.39, 0.29) is 5.91 Å². The third-order valence-electron chi connectivity index (χ3n) is 4.06. The van der Waals surface area contributed by atoms with Crippen LogP contribution in [0.25, 0.3) is 0 Å². The molecule has 0 aliphatic carbocycles. The Morgan fingerprint density at radius 3 is 2.28 bits per heavy atom. The summed E-state index contributed by atoms with van der Waals surface area (Å²) >= 11 is 5.98. The number of carbonyl (C=O) groups excluding carboxylic acids is 2. The maximum atomic E-state index is 12.1. The van der Waals surface area contributed by atoms with E-state index in [1.807, 2.05) is 0 Å². The summed E-state index contributed by atoms with van der Waals surface area (Å²) < 4.78 is 5.23. The highest BCUT2D eigenvalue weighted by atomic mass is 35.5. The Kier molecular flexibility index (Phi) is 11.0. The van der Waals surface area contributed by atoms with Crippen molar-refractivity contribution in [3.63, 3.8) is 0 Å². The summed E-state index contributed by atoms with van der Waals surface area (Å²) in [4.78, 5) is 24.0. The topological polar surface area (TPSA) is 55.4 Å². The number of nitrogens with one attached hydrogen (secondary N) is 1. The molecule has 0 saturated carbocycles. The lowest BCUT2D eigenvalue weighted by Gasteiger charge is -2.14. The predicted octanol–water partition coefficient (Wildman–Crippen LogP) is 5.14. The molecule has 0 aliphatic rings. The van der Waals surface area contributed by atoms with Gasteiger partial charge in [0.2, 0.25) is 0 Å². The molecule has 0 spiro atoms. The van der Waals surface area contributed by atoms with Crippen molar-refractivity contribution in [1.82, 2.24) is 5.32 Å². The number of hydrogen-bond acceptors (Lipinski definition) is 3. The van der Waals surface area contributed by atoms with Crippen LogP contribution in [0.15, 0.2) is 24.3 Å². The Bertz CT molecular complexity index is 533. The zero-order valence-electron chi connectivity index (χ0n) is 15.4. The van der Waals surface area contributed by atoms with Gasteiger partial charge in [-0.25, -0.2) is 4.79 Å². The Morgan fingerprint density at radius 1 is 1.04 bits per heavy atom. The molecule has 1 atom stereocenters. The monoisotopic (exact) mass is 367 g/mol. The normalized spacial score (nSPS) is 11.8. The first kappa shape index (κ1) is 21.5. The third-order valence-corrected chi connectivity index (χ3v) is 4.39. The van der Waals surface area contributed by atoms with Crippen LogP contribution in [-0.4, -0.2) is 24.5 Å². The van der Waals surface area contributed by atoms with E-state index in [1.54, 1.807) is 31.2 Å². The van der Waals surface area contributed by atoms with Crippen molar-refractivity contribution >= 4 is 23.5 Å². The predicted molar refractivity (Wildman–Crippen MR) is 102 cm³/mol. The molecule has 0 bridgehead atoms. The van der Waals surface area contributed by atoms with Crippen LogP contribution in [0, 0.1) is 0 Å². The van der Waals surface area contributed by atoms with Crippen LogP contribution in [-0.2, 0) is 9.53 Å². The summed E-state index contributed by atoms with van der Waals surface area (Å²) in [6.07, 6.45) is 9.55. The first-order chi connectivity index (χ1) is 12.1. The fraction of sp³-hybridized carbons (Fsp3) is 0.600.